The Hall–Kier alpha value is -2.02. The number of hydrogen-bond acceptors (Lipinski definition) is 5. The summed E-state index contributed by atoms with van der Waals surface area (Å²) in [6.45, 7) is 2.23. The molecule has 2 aromatic rings. The smallest absolute Gasteiger partial charge is 0.289 e. The van der Waals surface area contributed by atoms with E-state index in [1.165, 1.54) is 0 Å². The molecule has 0 aliphatic rings. The molecule has 1 heterocycles. The number of ether oxygens (including phenoxy) is 2. The van der Waals surface area contributed by atoms with Gasteiger partial charge in [0.05, 0.1) is 19.9 Å². The Bertz CT molecular complexity index is 670. The number of methoxy groups -OCH3 is 2. The van der Waals surface area contributed by atoms with E-state index in [2.05, 4.69) is 26.4 Å². The van der Waals surface area contributed by atoms with Crippen molar-refractivity contribution in [3.8, 4) is 11.5 Å². The van der Waals surface area contributed by atoms with E-state index in [4.69, 9.17) is 14.0 Å². The summed E-state index contributed by atoms with van der Waals surface area (Å²) in [5.41, 5.74) is 1.68. The van der Waals surface area contributed by atoms with E-state index < -0.39 is 0 Å². The van der Waals surface area contributed by atoms with Crippen molar-refractivity contribution in [1.82, 2.24) is 10.5 Å². The molecule has 0 bridgehead atoms. The van der Waals surface area contributed by atoms with E-state index in [0.29, 0.717) is 30.2 Å². The number of benzene rings is 1. The maximum atomic E-state index is 11.9. The molecule has 0 radical (unpaired) electrons. The summed E-state index contributed by atoms with van der Waals surface area (Å²) in [5.74, 6) is 1.23. The highest BCUT2D eigenvalue weighted by Crippen LogP contribution is 2.33. The molecule has 1 amide bonds. The molecule has 7 heteroatoms. The molecule has 118 valence electrons. The summed E-state index contributed by atoms with van der Waals surface area (Å²) < 4.78 is 16.3. The largest absolute Gasteiger partial charge is 0.493 e. The van der Waals surface area contributed by atoms with E-state index in [-0.39, 0.29) is 11.7 Å². The molecule has 1 aromatic carbocycles. The minimum atomic E-state index is -0.280. The number of carbonyl (C=O) groups is 1. The molecule has 0 aliphatic heterocycles. The Labute approximate surface area is 136 Å². The van der Waals surface area contributed by atoms with Crippen LogP contribution in [0.5, 0.6) is 11.5 Å². The Morgan fingerprint density at radius 2 is 1.95 bits per heavy atom. The lowest BCUT2D eigenvalue weighted by Gasteiger charge is -2.12. The van der Waals surface area contributed by atoms with Gasteiger partial charge in [-0.15, -0.1) is 0 Å². The monoisotopic (exact) mass is 368 g/mol. The van der Waals surface area contributed by atoms with Crippen LogP contribution in [0.3, 0.4) is 0 Å². The Morgan fingerprint density at radius 1 is 1.27 bits per heavy atom. The van der Waals surface area contributed by atoms with Crippen molar-refractivity contribution in [2.75, 3.05) is 20.8 Å². The fraction of sp³-hybridized carbons (Fsp3) is 0.333. The normalized spacial score (nSPS) is 10.4. The van der Waals surface area contributed by atoms with Crippen molar-refractivity contribution in [3.63, 3.8) is 0 Å². The maximum absolute atomic E-state index is 11.9. The first kappa shape index (κ1) is 16.4. The van der Waals surface area contributed by atoms with Crippen LogP contribution in [-0.2, 0) is 6.42 Å². The number of nitrogens with zero attached hydrogens (tertiary/aromatic N) is 1. The van der Waals surface area contributed by atoms with Crippen LogP contribution in [0.25, 0.3) is 0 Å². The molecule has 0 aliphatic carbocycles. The highest BCUT2D eigenvalue weighted by molar-refractivity contribution is 9.10. The summed E-state index contributed by atoms with van der Waals surface area (Å²) >= 11 is 3.49. The molecule has 1 aromatic heterocycles. The Morgan fingerprint density at radius 3 is 2.55 bits per heavy atom. The predicted octanol–water partition coefficient (Wildman–Crippen LogP) is 2.74. The van der Waals surface area contributed by atoms with Crippen LogP contribution in [-0.4, -0.2) is 31.8 Å². The first-order chi connectivity index (χ1) is 10.5. The first-order valence-corrected chi connectivity index (χ1v) is 7.46. The van der Waals surface area contributed by atoms with Crippen molar-refractivity contribution in [2.45, 2.75) is 13.3 Å². The van der Waals surface area contributed by atoms with Gasteiger partial charge in [-0.2, -0.15) is 0 Å². The molecule has 0 spiro atoms. The SMILES string of the molecule is COc1cc(Br)c(CCNC(=O)c2cc(C)no2)cc1OC. The van der Waals surface area contributed by atoms with Crippen LogP contribution in [0, 0.1) is 6.92 Å². The fourth-order valence-corrected chi connectivity index (χ4v) is 2.48. The molecular formula is C15H17BrN2O4. The third kappa shape index (κ3) is 3.79. The van der Waals surface area contributed by atoms with Gasteiger partial charge in [0.2, 0.25) is 5.76 Å². The van der Waals surface area contributed by atoms with Crippen molar-refractivity contribution >= 4 is 21.8 Å². The number of carbonyl (C=O) groups excluding carboxylic acids is 1. The van der Waals surface area contributed by atoms with Gasteiger partial charge < -0.3 is 19.3 Å². The van der Waals surface area contributed by atoms with Gasteiger partial charge in [0.25, 0.3) is 5.91 Å². The second kappa shape index (κ2) is 7.31. The van der Waals surface area contributed by atoms with E-state index in [9.17, 15) is 4.79 Å². The van der Waals surface area contributed by atoms with Gasteiger partial charge in [0.1, 0.15) is 0 Å². The first-order valence-electron chi connectivity index (χ1n) is 6.67. The van der Waals surface area contributed by atoms with Crippen molar-refractivity contribution in [1.29, 1.82) is 0 Å². The van der Waals surface area contributed by atoms with E-state index in [0.717, 1.165) is 10.0 Å². The van der Waals surface area contributed by atoms with Crippen molar-refractivity contribution < 1.29 is 18.8 Å². The quantitative estimate of drug-likeness (QED) is 0.848. The van der Waals surface area contributed by atoms with Crippen LogP contribution in [0.2, 0.25) is 0 Å². The minimum Gasteiger partial charge on any atom is -0.493 e. The number of nitrogens with one attached hydrogen (secondary N) is 1. The predicted molar refractivity (Wildman–Crippen MR) is 84.5 cm³/mol. The summed E-state index contributed by atoms with van der Waals surface area (Å²) in [6, 6.07) is 5.32. The number of hydrogen-bond donors (Lipinski definition) is 1. The number of amides is 1. The van der Waals surface area contributed by atoms with Crippen molar-refractivity contribution in [2.24, 2.45) is 0 Å². The maximum Gasteiger partial charge on any atom is 0.289 e. The lowest BCUT2D eigenvalue weighted by Crippen LogP contribution is -2.25. The van der Waals surface area contributed by atoms with Gasteiger partial charge in [-0.3, -0.25) is 4.79 Å². The molecule has 0 saturated carbocycles. The lowest BCUT2D eigenvalue weighted by atomic mass is 10.1. The number of aromatic nitrogens is 1. The summed E-state index contributed by atoms with van der Waals surface area (Å²) in [6.07, 6.45) is 0.639. The molecule has 0 saturated heterocycles. The molecule has 2 rings (SSSR count). The number of aryl methyl sites for hydroxylation is 1. The highest BCUT2D eigenvalue weighted by atomic mass is 79.9. The molecular weight excluding hydrogens is 352 g/mol. The molecule has 1 N–H and O–H groups in total. The van der Waals surface area contributed by atoms with Crippen LogP contribution >= 0.6 is 15.9 Å². The highest BCUT2D eigenvalue weighted by Gasteiger charge is 2.12. The summed E-state index contributed by atoms with van der Waals surface area (Å²) in [5, 5.41) is 6.47. The van der Waals surface area contributed by atoms with E-state index >= 15 is 0 Å². The van der Waals surface area contributed by atoms with Gasteiger partial charge in [0.15, 0.2) is 11.5 Å². The Balaban J connectivity index is 1.98. The zero-order valence-electron chi connectivity index (χ0n) is 12.6. The molecule has 0 unspecified atom stereocenters. The van der Waals surface area contributed by atoms with Gasteiger partial charge >= 0.3 is 0 Å². The second-order valence-corrected chi connectivity index (χ2v) is 5.49. The zero-order valence-corrected chi connectivity index (χ0v) is 14.2. The summed E-state index contributed by atoms with van der Waals surface area (Å²) in [7, 11) is 3.17. The fourth-order valence-electron chi connectivity index (χ4n) is 1.96. The molecule has 6 nitrogen and oxygen atoms in total. The average molecular weight is 369 g/mol. The third-order valence-corrected chi connectivity index (χ3v) is 3.82. The molecule has 0 atom stereocenters. The van der Waals surface area contributed by atoms with Crippen LogP contribution in [0.4, 0.5) is 0 Å². The van der Waals surface area contributed by atoms with Crippen LogP contribution in [0.1, 0.15) is 21.8 Å². The topological polar surface area (TPSA) is 73.6 Å². The van der Waals surface area contributed by atoms with Gasteiger partial charge in [-0.25, -0.2) is 0 Å². The average Bonchev–Trinajstić information content (AvgIpc) is 2.95. The second-order valence-electron chi connectivity index (χ2n) is 4.64. The van der Waals surface area contributed by atoms with Crippen LogP contribution < -0.4 is 14.8 Å². The lowest BCUT2D eigenvalue weighted by molar-refractivity contribution is 0.0917. The van der Waals surface area contributed by atoms with E-state index in [1.807, 2.05) is 12.1 Å². The van der Waals surface area contributed by atoms with Crippen molar-refractivity contribution in [3.05, 3.63) is 39.7 Å². The van der Waals surface area contributed by atoms with E-state index in [1.54, 1.807) is 27.2 Å². The number of rotatable bonds is 6. The molecule has 22 heavy (non-hydrogen) atoms. The summed E-state index contributed by atoms with van der Waals surface area (Å²) in [4.78, 5) is 11.9. The number of halogens is 1. The molecule has 0 fully saturated rings. The Kier molecular flexibility index (Phi) is 5.43. The zero-order chi connectivity index (χ0) is 16.1. The third-order valence-electron chi connectivity index (χ3n) is 3.08. The standard InChI is InChI=1S/C15H17BrN2O4/c1-9-6-14(22-18-9)15(19)17-5-4-10-7-12(20-2)13(21-3)8-11(10)16/h6-8H,4-5H2,1-3H3,(H,17,19). The van der Waals surface area contributed by atoms with Gasteiger partial charge in [-0.05, 0) is 31.0 Å². The van der Waals surface area contributed by atoms with Gasteiger partial charge in [0, 0.05) is 17.1 Å². The van der Waals surface area contributed by atoms with Crippen LogP contribution in [0.15, 0.2) is 27.2 Å². The minimum absolute atomic E-state index is 0.212. The van der Waals surface area contributed by atoms with Gasteiger partial charge in [-0.1, -0.05) is 21.1 Å².